The fourth-order valence-electron chi connectivity index (χ4n) is 3.55. The molecule has 0 unspecified atom stereocenters. The van der Waals surface area contributed by atoms with Gasteiger partial charge >= 0.3 is 0 Å². The standard InChI is InChI=1S/C16H21N3O3/c1-20-15-9-14-11(8-13(15)17)10-19(18-14)12-2-4-16(5-3-12)21-6-7-22-16/h8-10,12H,2-7,17H2,1H3. The Hall–Kier alpha value is -1.79. The van der Waals surface area contributed by atoms with E-state index >= 15 is 0 Å². The lowest BCUT2D eigenvalue weighted by Gasteiger charge is -2.35. The van der Waals surface area contributed by atoms with E-state index in [2.05, 4.69) is 10.9 Å². The van der Waals surface area contributed by atoms with Gasteiger partial charge in [-0.2, -0.15) is 5.10 Å². The topological polar surface area (TPSA) is 71.5 Å². The van der Waals surface area contributed by atoms with E-state index in [4.69, 9.17) is 25.0 Å². The van der Waals surface area contributed by atoms with Crippen molar-refractivity contribution in [2.45, 2.75) is 37.5 Å². The van der Waals surface area contributed by atoms with Crippen LogP contribution in [0.15, 0.2) is 18.3 Å². The number of nitrogen functional groups attached to an aromatic ring is 1. The van der Waals surface area contributed by atoms with Gasteiger partial charge in [0.1, 0.15) is 5.75 Å². The van der Waals surface area contributed by atoms with Gasteiger partial charge in [-0.05, 0) is 18.9 Å². The molecule has 118 valence electrons. The van der Waals surface area contributed by atoms with Gasteiger partial charge in [0.05, 0.1) is 37.6 Å². The predicted octanol–water partition coefficient (Wildman–Crippen LogP) is 2.49. The summed E-state index contributed by atoms with van der Waals surface area (Å²) in [4.78, 5) is 0. The van der Waals surface area contributed by atoms with Crippen molar-refractivity contribution in [3.63, 3.8) is 0 Å². The number of rotatable bonds is 2. The molecule has 1 aliphatic heterocycles. The van der Waals surface area contributed by atoms with Gasteiger partial charge in [0.25, 0.3) is 0 Å². The first kappa shape index (κ1) is 13.8. The SMILES string of the molecule is COc1cc2nn(C3CCC4(CC3)OCCO4)cc2cc1N. The molecule has 22 heavy (non-hydrogen) atoms. The normalized spacial score (nSPS) is 21.7. The highest BCUT2D eigenvalue weighted by Crippen LogP contribution is 2.40. The van der Waals surface area contributed by atoms with Gasteiger partial charge in [-0.25, -0.2) is 0 Å². The number of hydrogen-bond donors (Lipinski definition) is 1. The summed E-state index contributed by atoms with van der Waals surface area (Å²) in [6, 6.07) is 4.21. The van der Waals surface area contributed by atoms with Crippen LogP contribution < -0.4 is 10.5 Å². The molecular weight excluding hydrogens is 282 g/mol. The van der Waals surface area contributed by atoms with Crippen LogP contribution in [-0.4, -0.2) is 35.9 Å². The molecule has 0 bridgehead atoms. The molecule has 1 aromatic heterocycles. The first-order valence-corrected chi connectivity index (χ1v) is 7.79. The Morgan fingerprint density at radius 3 is 2.68 bits per heavy atom. The van der Waals surface area contributed by atoms with Gasteiger partial charge < -0.3 is 19.9 Å². The molecular formula is C16H21N3O3. The molecule has 2 N–H and O–H groups in total. The number of benzene rings is 1. The zero-order valence-corrected chi connectivity index (χ0v) is 12.7. The van der Waals surface area contributed by atoms with Crippen LogP contribution >= 0.6 is 0 Å². The molecule has 2 aromatic rings. The number of methoxy groups -OCH3 is 1. The van der Waals surface area contributed by atoms with Crippen molar-refractivity contribution < 1.29 is 14.2 Å². The second-order valence-electron chi connectivity index (χ2n) is 6.10. The fraction of sp³-hybridized carbons (Fsp3) is 0.562. The number of aromatic nitrogens is 2. The Kier molecular flexibility index (Phi) is 3.23. The Balaban J connectivity index is 1.57. The molecule has 1 saturated heterocycles. The van der Waals surface area contributed by atoms with Gasteiger partial charge in [-0.1, -0.05) is 0 Å². The van der Waals surface area contributed by atoms with E-state index in [0.29, 0.717) is 17.5 Å². The number of ether oxygens (including phenoxy) is 3. The third-order valence-corrected chi connectivity index (χ3v) is 4.78. The monoisotopic (exact) mass is 303 g/mol. The first-order chi connectivity index (χ1) is 10.7. The molecule has 1 spiro atoms. The van der Waals surface area contributed by atoms with Crippen LogP contribution in [0.3, 0.4) is 0 Å². The Bertz CT molecular complexity index is 681. The van der Waals surface area contributed by atoms with Crippen LogP contribution in [0.25, 0.3) is 10.9 Å². The Labute approximate surface area is 129 Å². The number of hydrogen-bond acceptors (Lipinski definition) is 5. The quantitative estimate of drug-likeness (QED) is 0.863. The minimum atomic E-state index is -0.323. The number of anilines is 1. The molecule has 4 rings (SSSR count). The van der Waals surface area contributed by atoms with Gasteiger partial charge in [-0.3, -0.25) is 4.68 Å². The predicted molar refractivity (Wildman–Crippen MR) is 82.8 cm³/mol. The zero-order chi connectivity index (χ0) is 15.2. The molecule has 1 aliphatic carbocycles. The molecule has 6 nitrogen and oxygen atoms in total. The van der Waals surface area contributed by atoms with E-state index in [1.165, 1.54) is 0 Å². The minimum absolute atomic E-state index is 0.323. The second kappa shape index (κ2) is 5.14. The van der Waals surface area contributed by atoms with E-state index in [1.807, 2.05) is 12.1 Å². The minimum Gasteiger partial charge on any atom is -0.495 e. The van der Waals surface area contributed by atoms with E-state index in [9.17, 15) is 0 Å². The first-order valence-electron chi connectivity index (χ1n) is 7.79. The molecule has 0 amide bonds. The lowest BCUT2D eigenvalue weighted by molar-refractivity contribution is -0.181. The van der Waals surface area contributed by atoms with Crippen LogP contribution in [0.5, 0.6) is 5.75 Å². The average molecular weight is 303 g/mol. The summed E-state index contributed by atoms with van der Waals surface area (Å²) in [5, 5.41) is 5.75. The average Bonchev–Trinajstić information content (AvgIpc) is 3.14. The van der Waals surface area contributed by atoms with Crippen LogP contribution in [0.1, 0.15) is 31.7 Å². The molecule has 2 aliphatic rings. The van der Waals surface area contributed by atoms with Crippen molar-refractivity contribution in [1.29, 1.82) is 0 Å². The number of fused-ring (bicyclic) bond motifs is 1. The van der Waals surface area contributed by atoms with Crippen LogP contribution in [0, 0.1) is 0 Å². The van der Waals surface area contributed by atoms with Gasteiger partial charge in [-0.15, -0.1) is 0 Å². The van der Waals surface area contributed by atoms with E-state index in [1.54, 1.807) is 7.11 Å². The van der Waals surface area contributed by atoms with Gasteiger partial charge in [0.2, 0.25) is 0 Å². The maximum atomic E-state index is 5.97. The highest BCUT2D eigenvalue weighted by molar-refractivity contribution is 5.84. The molecule has 1 saturated carbocycles. The van der Waals surface area contributed by atoms with E-state index in [0.717, 1.165) is 49.8 Å². The number of nitrogens with two attached hydrogens (primary N) is 1. The Morgan fingerprint density at radius 2 is 2.00 bits per heavy atom. The zero-order valence-electron chi connectivity index (χ0n) is 12.7. The van der Waals surface area contributed by atoms with E-state index < -0.39 is 0 Å². The third-order valence-electron chi connectivity index (χ3n) is 4.78. The van der Waals surface area contributed by atoms with Crippen molar-refractivity contribution in [3.8, 4) is 5.75 Å². The van der Waals surface area contributed by atoms with Crippen molar-refractivity contribution >= 4 is 16.6 Å². The highest BCUT2D eigenvalue weighted by Gasteiger charge is 2.40. The van der Waals surface area contributed by atoms with Crippen molar-refractivity contribution in [1.82, 2.24) is 9.78 Å². The molecule has 2 heterocycles. The maximum Gasteiger partial charge on any atom is 0.168 e. The summed E-state index contributed by atoms with van der Waals surface area (Å²) in [5.74, 6) is 0.351. The summed E-state index contributed by atoms with van der Waals surface area (Å²) in [6.45, 7) is 1.44. The molecule has 6 heteroatoms. The lowest BCUT2D eigenvalue weighted by Crippen LogP contribution is -2.35. The molecule has 1 aromatic carbocycles. The largest absolute Gasteiger partial charge is 0.495 e. The van der Waals surface area contributed by atoms with Crippen LogP contribution in [-0.2, 0) is 9.47 Å². The smallest absolute Gasteiger partial charge is 0.168 e. The molecule has 0 atom stereocenters. The van der Waals surface area contributed by atoms with Crippen molar-refractivity contribution in [3.05, 3.63) is 18.3 Å². The lowest BCUT2D eigenvalue weighted by atomic mass is 9.90. The van der Waals surface area contributed by atoms with Crippen LogP contribution in [0.4, 0.5) is 5.69 Å². The summed E-state index contributed by atoms with van der Waals surface area (Å²) >= 11 is 0. The summed E-state index contributed by atoms with van der Waals surface area (Å²) in [6.07, 6.45) is 5.96. The summed E-state index contributed by atoms with van der Waals surface area (Å²) < 4.78 is 18.9. The van der Waals surface area contributed by atoms with Gasteiger partial charge in [0.15, 0.2) is 5.79 Å². The maximum absolute atomic E-state index is 5.97. The molecule has 2 fully saturated rings. The van der Waals surface area contributed by atoms with E-state index in [-0.39, 0.29) is 5.79 Å². The summed E-state index contributed by atoms with van der Waals surface area (Å²) in [5.41, 5.74) is 7.53. The Morgan fingerprint density at radius 1 is 1.27 bits per heavy atom. The van der Waals surface area contributed by atoms with Crippen molar-refractivity contribution in [2.24, 2.45) is 0 Å². The second-order valence-corrected chi connectivity index (χ2v) is 6.10. The third kappa shape index (κ3) is 2.23. The summed E-state index contributed by atoms with van der Waals surface area (Å²) in [7, 11) is 1.62. The molecule has 0 radical (unpaired) electrons. The fourth-order valence-corrected chi connectivity index (χ4v) is 3.55. The van der Waals surface area contributed by atoms with Gasteiger partial charge in [0, 0.05) is 30.5 Å². The number of nitrogens with zero attached hydrogens (tertiary/aromatic N) is 2. The highest BCUT2D eigenvalue weighted by atomic mass is 16.7. The van der Waals surface area contributed by atoms with Crippen LogP contribution in [0.2, 0.25) is 0 Å². The van der Waals surface area contributed by atoms with Crippen molar-refractivity contribution in [2.75, 3.05) is 26.1 Å².